The topological polar surface area (TPSA) is 67.9 Å². The Balaban J connectivity index is 1.61. The van der Waals surface area contributed by atoms with Crippen LogP contribution in [0.2, 0.25) is 0 Å². The fraction of sp³-hybridized carbons (Fsp3) is 0.238. The molecular formula is C21H21FN2O4. The average molecular weight is 384 g/mol. The van der Waals surface area contributed by atoms with Crippen molar-refractivity contribution < 1.29 is 23.5 Å². The second-order valence-corrected chi connectivity index (χ2v) is 6.34. The van der Waals surface area contributed by atoms with Gasteiger partial charge in [0.2, 0.25) is 11.8 Å². The predicted octanol–water partition coefficient (Wildman–Crippen LogP) is 2.78. The van der Waals surface area contributed by atoms with Crippen molar-refractivity contribution in [1.29, 1.82) is 0 Å². The molecule has 1 aliphatic heterocycles. The molecule has 146 valence electrons. The Morgan fingerprint density at radius 1 is 1.18 bits per heavy atom. The number of carbonyl (C=O) groups excluding carboxylic acids is 2. The molecule has 2 amide bonds. The molecule has 0 aliphatic carbocycles. The zero-order valence-electron chi connectivity index (χ0n) is 15.6. The van der Waals surface area contributed by atoms with Crippen LogP contribution in [0.1, 0.15) is 12.0 Å². The Morgan fingerprint density at radius 2 is 1.96 bits per heavy atom. The fourth-order valence-corrected chi connectivity index (χ4v) is 3.08. The van der Waals surface area contributed by atoms with Crippen LogP contribution in [-0.2, 0) is 9.59 Å². The van der Waals surface area contributed by atoms with Crippen molar-refractivity contribution in [2.24, 2.45) is 0 Å². The number of nitrogens with zero attached hydrogens (tertiary/aromatic N) is 1. The summed E-state index contributed by atoms with van der Waals surface area (Å²) in [6, 6.07) is 10.8. The molecule has 1 fully saturated rings. The monoisotopic (exact) mass is 384 g/mol. The van der Waals surface area contributed by atoms with Gasteiger partial charge in [0.1, 0.15) is 5.82 Å². The summed E-state index contributed by atoms with van der Waals surface area (Å²) in [4.78, 5) is 25.9. The number of hydrogen-bond acceptors (Lipinski definition) is 4. The highest BCUT2D eigenvalue weighted by molar-refractivity contribution is 5.98. The van der Waals surface area contributed by atoms with Crippen LogP contribution in [0.4, 0.5) is 10.1 Å². The molecular weight excluding hydrogens is 363 g/mol. The van der Waals surface area contributed by atoms with Gasteiger partial charge in [-0.2, -0.15) is 0 Å². The standard InChI is InChI=1S/C21H21FN2O4/c1-27-18-8-6-14(10-19(18)28-2)7-9-20(25)23-16-12-21(26)24(13-16)17-5-3-4-15(22)11-17/h3-11,16H,12-13H2,1-2H3,(H,23,25)/b9-7-/t16-/m1/s1. The molecule has 0 bridgehead atoms. The lowest BCUT2D eigenvalue weighted by molar-refractivity contribution is -0.117. The van der Waals surface area contributed by atoms with Gasteiger partial charge >= 0.3 is 0 Å². The van der Waals surface area contributed by atoms with Gasteiger partial charge in [-0.15, -0.1) is 0 Å². The summed E-state index contributed by atoms with van der Waals surface area (Å²) in [6.07, 6.45) is 3.22. The minimum absolute atomic E-state index is 0.153. The molecule has 7 heteroatoms. The highest BCUT2D eigenvalue weighted by Crippen LogP contribution is 2.28. The summed E-state index contributed by atoms with van der Waals surface area (Å²) in [5.41, 5.74) is 1.26. The molecule has 28 heavy (non-hydrogen) atoms. The van der Waals surface area contributed by atoms with Crippen molar-refractivity contribution in [3.8, 4) is 11.5 Å². The first kappa shape index (κ1) is 19.4. The first-order valence-corrected chi connectivity index (χ1v) is 8.76. The molecule has 1 heterocycles. The smallest absolute Gasteiger partial charge is 0.244 e. The third kappa shape index (κ3) is 4.49. The Morgan fingerprint density at radius 3 is 2.68 bits per heavy atom. The lowest BCUT2D eigenvalue weighted by Gasteiger charge is -2.17. The van der Waals surface area contributed by atoms with E-state index in [9.17, 15) is 14.0 Å². The highest BCUT2D eigenvalue weighted by atomic mass is 19.1. The van der Waals surface area contributed by atoms with E-state index in [2.05, 4.69) is 5.32 Å². The van der Waals surface area contributed by atoms with Crippen molar-refractivity contribution in [2.75, 3.05) is 25.7 Å². The summed E-state index contributed by atoms with van der Waals surface area (Å²) >= 11 is 0. The van der Waals surface area contributed by atoms with Crippen LogP contribution in [0.25, 0.3) is 6.08 Å². The first-order valence-electron chi connectivity index (χ1n) is 8.76. The molecule has 2 aromatic carbocycles. The minimum atomic E-state index is -0.407. The van der Waals surface area contributed by atoms with Gasteiger partial charge < -0.3 is 19.7 Å². The van der Waals surface area contributed by atoms with Crippen molar-refractivity contribution in [1.82, 2.24) is 5.32 Å². The van der Waals surface area contributed by atoms with Crippen LogP contribution in [0.15, 0.2) is 48.5 Å². The normalized spacial score (nSPS) is 16.5. The van der Waals surface area contributed by atoms with Gasteiger partial charge in [-0.05, 0) is 42.0 Å². The van der Waals surface area contributed by atoms with E-state index in [4.69, 9.17) is 9.47 Å². The SMILES string of the molecule is COc1ccc(/C=C\C(=O)N[C@@H]2CC(=O)N(c3cccc(F)c3)C2)cc1OC. The van der Waals surface area contributed by atoms with Crippen LogP contribution in [0, 0.1) is 5.82 Å². The maximum Gasteiger partial charge on any atom is 0.244 e. The summed E-state index contributed by atoms with van der Waals surface area (Å²) in [7, 11) is 3.09. The van der Waals surface area contributed by atoms with Crippen LogP contribution < -0.4 is 19.7 Å². The number of anilines is 1. The maximum atomic E-state index is 13.4. The molecule has 0 aromatic heterocycles. The number of methoxy groups -OCH3 is 2. The molecule has 3 rings (SSSR count). The predicted molar refractivity (Wildman–Crippen MR) is 104 cm³/mol. The third-order valence-electron chi connectivity index (χ3n) is 4.43. The van der Waals surface area contributed by atoms with Gasteiger partial charge in [0.05, 0.1) is 20.3 Å². The molecule has 0 spiro atoms. The average Bonchev–Trinajstić information content (AvgIpc) is 3.06. The molecule has 1 saturated heterocycles. The van der Waals surface area contributed by atoms with E-state index in [0.717, 1.165) is 5.56 Å². The summed E-state index contributed by atoms with van der Waals surface area (Å²) in [5.74, 6) is 0.298. The van der Waals surface area contributed by atoms with Crippen LogP contribution in [0.3, 0.4) is 0 Å². The summed E-state index contributed by atoms with van der Waals surface area (Å²) in [5, 5.41) is 2.81. The van der Waals surface area contributed by atoms with E-state index in [-0.39, 0.29) is 24.3 Å². The molecule has 1 atom stereocenters. The number of rotatable bonds is 6. The number of amides is 2. The van der Waals surface area contributed by atoms with E-state index in [1.807, 2.05) is 0 Å². The molecule has 1 N–H and O–H groups in total. The molecule has 0 saturated carbocycles. The number of carbonyl (C=O) groups is 2. The highest BCUT2D eigenvalue weighted by Gasteiger charge is 2.31. The second-order valence-electron chi connectivity index (χ2n) is 6.34. The lowest BCUT2D eigenvalue weighted by atomic mass is 10.2. The van der Waals surface area contributed by atoms with E-state index in [1.165, 1.54) is 23.1 Å². The quantitative estimate of drug-likeness (QED) is 0.778. The molecule has 2 aromatic rings. The van der Waals surface area contributed by atoms with Gasteiger partial charge in [-0.25, -0.2) is 4.39 Å². The second kappa shape index (κ2) is 8.56. The van der Waals surface area contributed by atoms with Gasteiger partial charge in [-0.1, -0.05) is 12.1 Å². The van der Waals surface area contributed by atoms with Crippen molar-refractivity contribution >= 4 is 23.6 Å². The Hall–Kier alpha value is -3.35. The largest absolute Gasteiger partial charge is 0.493 e. The Kier molecular flexibility index (Phi) is 5.93. The zero-order valence-corrected chi connectivity index (χ0v) is 15.6. The maximum absolute atomic E-state index is 13.4. The molecule has 1 aliphatic rings. The summed E-state index contributed by atoms with van der Waals surface area (Å²) < 4.78 is 23.8. The number of ether oxygens (including phenoxy) is 2. The summed E-state index contributed by atoms with van der Waals surface area (Å²) in [6.45, 7) is 0.304. The van der Waals surface area contributed by atoms with E-state index in [1.54, 1.807) is 50.6 Å². The third-order valence-corrected chi connectivity index (χ3v) is 4.43. The van der Waals surface area contributed by atoms with Crippen LogP contribution in [0.5, 0.6) is 11.5 Å². The Bertz CT molecular complexity index is 913. The number of halogens is 1. The van der Waals surface area contributed by atoms with E-state index < -0.39 is 5.82 Å². The molecule has 0 radical (unpaired) electrons. The van der Waals surface area contributed by atoms with E-state index >= 15 is 0 Å². The Labute approximate surface area is 162 Å². The van der Waals surface area contributed by atoms with Crippen molar-refractivity contribution in [3.05, 3.63) is 59.9 Å². The molecule has 0 unspecified atom stereocenters. The van der Waals surface area contributed by atoms with Crippen molar-refractivity contribution in [3.63, 3.8) is 0 Å². The van der Waals surface area contributed by atoms with Crippen LogP contribution >= 0.6 is 0 Å². The number of benzene rings is 2. The van der Waals surface area contributed by atoms with E-state index in [0.29, 0.717) is 23.7 Å². The molecule has 6 nitrogen and oxygen atoms in total. The van der Waals surface area contributed by atoms with Gasteiger partial charge in [0.15, 0.2) is 11.5 Å². The first-order chi connectivity index (χ1) is 13.5. The van der Waals surface area contributed by atoms with Gasteiger partial charge in [0.25, 0.3) is 0 Å². The lowest BCUT2D eigenvalue weighted by Crippen LogP contribution is -2.36. The fourth-order valence-electron chi connectivity index (χ4n) is 3.08. The number of nitrogens with one attached hydrogen (secondary N) is 1. The zero-order chi connectivity index (χ0) is 20.1. The minimum Gasteiger partial charge on any atom is -0.493 e. The van der Waals surface area contributed by atoms with Gasteiger partial charge in [0, 0.05) is 24.7 Å². The van der Waals surface area contributed by atoms with Crippen molar-refractivity contribution in [2.45, 2.75) is 12.5 Å². The van der Waals surface area contributed by atoms with Crippen LogP contribution in [-0.4, -0.2) is 38.6 Å². The number of hydrogen-bond donors (Lipinski definition) is 1. The van der Waals surface area contributed by atoms with Gasteiger partial charge in [-0.3, -0.25) is 9.59 Å².